The van der Waals surface area contributed by atoms with Crippen molar-refractivity contribution < 1.29 is 18.3 Å². The van der Waals surface area contributed by atoms with Crippen LogP contribution in [0.1, 0.15) is 17.0 Å². The van der Waals surface area contributed by atoms with Gasteiger partial charge >= 0.3 is 5.92 Å². The van der Waals surface area contributed by atoms with Crippen molar-refractivity contribution in [2.24, 2.45) is 0 Å². The van der Waals surface area contributed by atoms with Crippen LogP contribution in [0.15, 0.2) is 65.8 Å². The molecule has 36 heavy (non-hydrogen) atoms. The fourth-order valence-corrected chi connectivity index (χ4v) is 3.62. The van der Waals surface area contributed by atoms with E-state index in [0.29, 0.717) is 5.69 Å². The summed E-state index contributed by atoms with van der Waals surface area (Å²) in [4.78, 5) is 37.4. The summed E-state index contributed by atoms with van der Waals surface area (Å²) in [7, 11) is 1.33. The lowest BCUT2D eigenvalue weighted by atomic mass is 10.1. The van der Waals surface area contributed by atoms with Crippen LogP contribution >= 0.6 is 0 Å². The molecule has 3 heterocycles. The summed E-state index contributed by atoms with van der Waals surface area (Å²) in [5, 5.41) is 7.08. The van der Waals surface area contributed by atoms with Gasteiger partial charge in [-0.3, -0.25) is 19.1 Å². The summed E-state index contributed by atoms with van der Waals surface area (Å²) in [5.74, 6) is -4.07. The Balaban J connectivity index is 1.44. The lowest BCUT2D eigenvalue weighted by molar-refractivity contribution is -0.121. The van der Waals surface area contributed by atoms with Gasteiger partial charge in [-0.1, -0.05) is 30.3 Å². The Morgan fingerprint density at radius 1 is 1.11 bits per heavy atom. The van der Waals surface area contributed by atoms with Crippen LogP contribution in [0.2, 0.25) is 0 Å². The first-order chi connectivity index (χ1) is 17.3. The van der Waals surface area contributed by atoms with Gasteiger partial charge in [0.2, 0.25) is 11.8 Å². The molecule has 4 rings (SSSR count). The van der Waals surface area contributed by atoms with Crippen LogP contribution in [-0.2, 0) is 23.8 Å². The second-order valence-corrected chi connectivity index (χ2v) is 8.06. The van der Waals surface area contributed by atoms with E-state index in [-0.39, 0.29) is 24.8 Å². The average Bonchev–Trinajstić information content (AvgIpc) is 2.89. The molecule has 0 saturated heterocycles. The topological polar surface area (TPSA) is 111 Å². The van der Waals surface area contributed by atoms with Gasteiger partial charge in [-0.2, -0.15) is 8.78 Å². The molecular weight excluding hydrogens is 470 g/mol. The van der Waals surface area contributed by atoms with Crippen molar-refractivity contribution in [2.45, 2.75) is 25.9 Å². The van der Waals surface area contributed by atoms with Crippen molar-refractivity contribution in [3.8, 4) is 5.88 Å². The third-order valence-electron chi connectivity index (χ3n) is 5.57. The van der Waals surface area contributed by atoms with Gasteiger partial charge in [0.05, 0.1) is 13.7 Å². The number of ether oxygens (including phenoxy) is 1. The van der Waals surface area contributed by atoms with Gasteiger partial charge in [0, 0.05) is 42.3 Å². The number of hydrogen-bond acceptors (Lipinski definition) is 7. The number of fused-ring (bicyclic) bond motifs is 1. The number of amides is 1. The zero-order valence-corrected chi connectivity index (χ0v) is 19.7. The van der Waals surface area contributed by atoms with Crippen LogP contribution in [0.4, 0.5) is 14.6 Å². The summed E-state index contributed by atoms with van der Waals surface area (Å²) >= 11 is 0. The quantitative estimate of drug-likeness (QED) is 0.368. The molecule has 3 aromatic heterocycles. The molecule has 0 aliphatic carbocycles. The standard InChI is InChI=1S/C25H24F2N6O3/c1-16-10-30-23(31-15-25(26,27)20-8-5-9-22(32-20)36-2)24(35)33(16)14-21(34)29-13-18-12-28-11-17-6-3-4-7-19(17)18/h3-12H,13-15H2,1-2H3,(H,29,34)(H,30,31). The molecule has 1 aromatic carbocycles. The number of anilines is 1. The van der Waals surface area contributed by atoms with Gasteiger partial charge in [0.15, 0.2) is 5.82 Å². The monoisotopic (exact) mass is 494 g/mol. The largest absolute Gasteiger partial charge is 0.481 e. The molecule has 0 bridgehead atoms. The van der Waals surface area contributed by atoms with E-state index in [4.69, 9.17) is 4.74 Å². The lowest BCUT2D eigenvalue weighted by Crippen LogP contribution is -2.36. The molecule has 0 spiro atoms. The maximum atomic E-state index is 14.7. The Labute approximate surface area is 205 Å². The molecule has 9 nitrogen and oxygen atoms in total. The maximum Gasteiger partial charge on any atom is 0.306 e. The molecule has 11 heteroatoms. The van der Waals surface area contributed by atoms with Gasteiger partial charge in [-0.25, -0.2) is 9.97 Å². The molecule has 4 aromatic rings. The van der Waals surface area contributed by atoms with Crippen molar-refractivity contribution in [3.05, 3.63) is 88.4 Å². The van der Waals surface area contributed by atoms with Gasteiger partial charge in [-0.15, -0.1) is 0 Å². The van der Waals surface area contributed by atoms with Gasteiger partial charge in [0.25, 0.3) is 5.56 Å². The predicted octanol–water partition coefficient (Wildman–Crippen LogP) is 3.02. The Morgan fingerprint density at radius 2 is 1.92 bits per heavy atom. The zero-order valence-electron chi connectivity index (χ0n) is 19.7. The lowest BCUT2D eigenvalue weighted by Gasteiger charge is -2.18. The average molecular weight is 495 g/mol. The van der Waals surface area contributed by atoms with E-state index in [1.54, 1.807) is 19.3 Å². The molecule has 1 amide bonds. The Bertz CT molecular complexity index is 1450. The summed E-state index contributed by atoms with van der Waals surface area (Å²) in [5.41, 5.74) is 0.0419. The number of carbonyl (C=O) groups excluding carboxylic acids is 1. The summed E-state index contributed by atoms with van der Waals surface area (Å²) in [6.45, 7) is 0.610. The minimum Gasteiger partial charge on any atom is -0.481 e. The number of methoxy groups -OCH3 is 1. The number of benzene rings is 1. The van der Waals surface area contributed by atoms with Crippen molar-refractivity contribution in [3.63, 3.8) is 0 Å². The molecular formula is C25H24F2N6O3. The van der Waals surface area contributed by atoms with Crippen LogP contribution in [0, 0.1) is 6.92 Å². The summed E-state index contributed by atoms with van der Waals surface area (Å²) in [6, 6.07) is 11.7. The molecule has 0 saturated carbocycles. The van der Waals surface area contributed by atoms with E-state index in [9.17, 15) is 18.4 Å². The Kier molecular flexibility index (Phi) is 7.18. The van der Waals surface area contributed by atoms with Crippen LogP contribution < -0.4 is 20.9 Å². The number of carbonyl (C=O) groups is 1. The van der Waals surface area contributed by atoms with E-state index in [0.717, 1.165) is 16.3 Å². The van der Waals surface area contributed by atoms with E-state index < -0.39 is 29.6 Å². The molecule has 0 aliphatic heterocycles. The predicted molar refractivity (Wildman–Crippen MR) is 130 cm³/mol. The second kappa shape index (κ2) is 10.5. The normalized spacial score (nSPS) is 11.3. The van der Waals surface area contributed by atoms with E-state index in [2.05, 4.69) is 25.6 Å². The van der Waals surface area contributed by atoms with Crippen molar-refractivity contribution >= 4 is 22.5 Å². The highest BCUT2D eigenvalue weighted by molar-refractivity contribution is 5.85. The van der Waals surface area contributed by atoms with Gasteiger partial charge in [-0.05, 0) is 23.9 Å². The van der Waals surface area contributed by atoms with Gasteiger partial charge < -0.3 is 15.4 Å². The first-order valence-electron chi connectivity index (χ1n) is 11.1. The number of aromatic nitrogens is 4. The number of nitrogens with one attached hydrogen (secondary N) is 2. The van der Waals surface area contributed by atoms with Crippen molar-refractivity contribution in [2.75, 3.05) is 19.0 Å². The molecule has 0 unspecified atom stereocenters. The number of pyridine rings is 2. The highest BCUT2D eigenvalue weighted by atomic mass is 19.3. The summed E-state index contributed by atoms with van der Waals surface area (Å²) < 4.78 is 35.4. The van der Waals surface area contributed by atoms with Crippen LogP contribution in [0.25, 0.3) is 10.8 Å². The molecule has 186 valence electrons. The zero-order chi connectivity index (χ0) is 25.7. The van der Waals surface area contributed by atoms with Crippen LogP contribution in [-0.4, -0.2) is 39.1 Å². The highest BCUT2D eigenvalue weighted by Crippen LogP contribution is 2.27. The molecule has 0 aliphatic rings. The van der Waals surface area contributed by atoms with Crippen molar-refractivity contribution in [1.29, 1.82) is 0 Å². The third kappa shape index (κ3) is 5.45. The summed E-state index contributed by atoms with van der Waals surface area (Å²) in [6.07, 6.45) is 4.75. The van der Waals surface area contributed by atoms with E-state index in [1.165, 1.54) is 36.1 Å². The smallest absolute Gasteiger partial charge is 0.306 e. The number of halogens is 2. The highest BCUT2D eigenvalue weighted by Gasteiger charge is 2.34. The number of alkyl halides is 2. The minimum atomic E-state index is -3.40. The number of rotatable bonds is 9. The van der Waals surface area contributed by atoms with Gasteiger partial charge in [0.1, 0.15) is 12.2 Å². The third-order valence-corrected chi connectivity index (χ3v) is 5.57. The minimum absolute atomic E-state index is 0.0493. The van der Waals surface area contributed by atoms with Crippen molar-refractivity contribution in [1.82, 2.24) is 24.8 Å². The van der Waals surface area contributed by atoms with E-state index >= 15 is 0 Å². The Morgan fingerprint density at radius 3 is 2.72 bits per heavy atom. The number of hydrogen-bond donors (Lipinski definition) is 2. The first kappa shape index (κ1) is 24.7. The van der Waals surface area contributed by atoms with E-state index in [1.807, 2.05) is 24.3 Å². The second-order valence-electron chi connectivity index (χ2n) is 8.06. The van der Waals surface area contributed by atoms with Crippen LogP contribution in [0.5, 0.6) is 5.88 Å². The SMILES string of the molecule is COc1cccc(C(F)(F)CNc2ncc(C)n(CC(=O)NCc3cncc4ccccc34)c2=O)n1. The molecule has 0 radical (unpaired) electrons. The maximum absolute atomic E-state index is 14.7. The fraction of sp³-hybridized carbons (Fsp3) is 0.240. The Hall–Kier alpha value is -4.41. The fourth-order valence-electron chi connectivity index (χ4n) is 3.62. The molecule has 0 fully saturated rings. The van der Waals surface area contributed by atoms with Crippen LogP contribution in [0.3, 0.4) is 0 Å². The first-order valence-corrected chi connectivity index (χ1v) is 11.1. The molecule has 0 atom stereocenters. The number of nitrogens with zero attached hydrogens (tertiary/aromatic N) is 4. The molecule has 2 N–H and O–H groups in total. The number of aryl methyl sites for hydroxylation is 1.